The number of hydrogen-bond acceptors (Lipinski definition) is 11. The van der Waals surface area contributed by atoms with Gasteiger partial charge in [0.2, 0.25) is 0 Å². The fraction of sp³-hybridized carbons (Fsp3) is 0.797. The van der Waals surface area contributed by atoms with E-state index in [4.69, 9.17) is 36.7 Å². The third-order valence-electron chi connectivity index (χ3n) is 17.6. The molecule has 0 aliphatic rings. The van der Waals surface area contributed by atoms with Gasteiger partial charge in [-0.2, -0.15) is 0 Å². The molecule has 0 aliphatic heterocycles. The Bertz CT molecular complexity index is 1820. The van der Waals surface area contributed by atoms with E-state index in [1.165, 1.54) is 0 Å². The molecule has 0 aromatic heterocycles. The average molecular weight is 1110 g/mol. The standard InChI is InChI=1S/C59H112O11Si4/c1-26-37-66-57(62)56(68-72(24,25)59(17,18)19)55(64-21)47(13)54(70-74(30-5,31-6)32-7)46(12)52(67-71(22,23)58(14,15)16)43(9)38-42(8)50(60)39-51(61)45(11)53(69-73(27-2,28-3)29-4)44(10)40-65-41-48-33-35-49(63-20)36-34-48/h26,33-36,38,42,44-47,51-56,61H,1,27-32,37,39-41H2,2-25H3/b43-38+/t42-,44-,45+,46+,47+,51-,52-,53+,54-,55-,56+/m0/s1. The number of Topliss-reactive ketones (excluding diaryl/α,β-unsaturated/α-hetero) is 1. The normalized spacial score (nSPS) is 18.0. The summed E-state index contributed by atoms with van der Waals surface area (Å²) in [6.07, 6.45) is -0.226. The minimum absolute atomic E-state index is 0.0128. The number of allylic oxidation sites excluding steroid dienone is 1. The van der Waals surface area contributed by atoms with Crippen LogP contribution in [0, 0.1) is 29.6 Å². The van der Waals surface area contributed by atoms with E-state index in [1.54, 1.807) is 20.3 Å². The first-order valence-corrected chi connectivity index (χ1v) is 39.2. The fourth-order valence-corrected chi connectivity index (χ4v) is 18.3. The van der Waals surface area contributed by atoms with Gasteiger partial charge in [-0.1, -0.05) is 149 Å². The van der Waals surface area contributed by atoms with Crippen LogP contribution in [0.5, 0.6) is 5.75 Å². The molecular formula is C59H112O11Si4. The minimum Gasteiger partial charge on any atom is -0.497 e. The summed E-state index contributed by atoms with van der Waals surface area (Å²) in [6.45, 7) is 52.6. The van der Waals surface area contributed by atoms with Crippen molar-refractivity contribution >= 4 is 45.0 Å². The van der Waals surface area contributed by atoms with Crippen LogP contribution in [0.4, 0.5) is 0 Å². The summed E-state index contributed by atoms with van der Waals surface area (Å²) in [7, 11) is -6.17. The summed E-state index contributed by atoms with van der Waals surface area (Å²) < 4.78 is 53.2. The van der Waals surface area contributed by atoms with Crippen molar-refractivity contribution in [2.24, 2.45) is 29.6 Å². The maximum Gasteiger partial charge on any atom is 0.337 e. The summed E-state index contributed by atoms with van der Waals surface area (Å²) >= 11 is 0. The molecule has 0 aliphatic carbocycles. The number of esters is 1. The quantitative estimate of drug-likeness (QED) is 0.0392. The largest absolute Gasteiger partial charge is 0.497 e. The number of ether oxygens (including phenoxy) is 4. The van der Waals surface area contributed by atoms with Gasteiger partial charge in [0.15, 0.2) is 39.4 Å². The Kier molecular flexibility index (Phi) is 29.5. The Balaban J connectivity index is 3.91. The van der Waals surface area contributed by atoms with Crippen molar-refractivity contribution in [3.63, 3.8) is 0 Å². The maximum absolute atomic E-state index is 14.5. The molecule has 11 atom stereocenters. The van der Waals surface area contributed by atoms with Crippen molar-refractivity contribution in [2.75, 3.05) is 27.4 Å². The number of carbonyl (C=O) groups excluding carboxylic acids is 2. The molecule has 0 saturated heterocycles. The molecule has 74 heavy (non-hydrogen) atoms. The summed E-state index contributed by atoms with van der Waals surface area (Å²) in [5.41, 5.74) is 1.98. The molecule has 0 fully saturated rings. The van der Waals surface area contributed by atoms with Crippen molar-refractivity contribution in [3.05, 3.63) is 54.1 Å². The lowest BCUT2D eigenvalue weighted by molar-refractivity contribution is -0.164. The van der Waals surface area contributed by atoms with Gasteiger partial charge in [0.25, 0.3) is 0 Å². The minimum atomic E-state index is -2.54. The van der Waals surface area contributed by atoms with Crippen LogP contribution >= 0.6 is 0 Å². The van der Waals surface area contributed by atoms with Crippen LogP contribution in [-0.4, -0.2) is 114 Å². The SMILES string of the molecule is C=CCOC(=O)[C@H](O[Si](C)(C)C(C)(C)C)[C@@H](OC)[C@H](C)[C@@H](O[Si](CC)(CC)CC)[C@H](C)[C@@H](O[Si](C)(C)C(C)(C)C)/C(C)=C/[C@H](C)C(=O)C[C@H](O)[C@@H](C)[C@H](O[Si](CC)(CC)CC)[C@@H](C)COCc1ccc(OC)cc1. The Hall–Kier alpha value is -1.77. The van der Waals surface area contributed by atoms with Crippen LogP contribution in [-0.2, 0) is 48.1 Å². The highest BCUT2D eigenvalue weighted by Gasteiger charge is 2.50. The number of carbonyl (C=O) groups is 2. The van der Waals surface area contributed by atoms with Gasteiger partial charge in [-0.15, -0.1) is 0 Å². The van der Waals surface area contributed by atoms with Crippen LogP contribution in [0.1, 0.15) is 137 Å². The second-order valence-corrected chi connectivity index (χ2v) is 43.7. The van der Waals surface area contributed by atoms with E-state index in [0.29, 0.717) is 13.2 Å². The van der Waals surface area contributed by atoms with Crippen LogP contribution in [0.2, 0.25) is 72.5 Å². The molecule has 0 bridgehead atoms. The highest BCUT2D eigenvalue weighted by molar-refractivity contribution is 6.75. The third kappa shape index (κ3) is 19.8. The number of methoxy groups -OCH3 is 2. The predicted molar refractivity (Wildman–Crippen MR) is 318 cm³/mol. The Morgan fingerprint density at radius 1 is 0.662 bits per heavy atom. The number of hydrogen-bond donors (Lipinski definition) is 1. The van der Waals surface area contributed by atoms with E-state index < -0.39 is 75.7 Å². The molecule has 15 heteroatoms. The molecule has 1 N–H and O–H groups in total. The number of aliphatic hydroxyl groups is 1. The van der Waals surface area contributed by atoms with Gasteiger partial charge in [0.1, 0.15) is 18.1 Å². The highest BCUT2D eigenvalue weighted by Crippen LogP contribution is 2.44. The Labute approximate surface area is 457 Å². The molecule has 0 unspecified atom stereocenters. The van der Waals surface area contributed by atoms with Crippen molar-refractivity contribution in [1.29, 1.82) is 0 Å². The number of benzene rings is 1. The molecule has 0 spiro atoms. The maximum atomic E-state index is 14.5. The molecule has 0 radical (unpaired) electrons. The molecule has 0 amide bonds. The summed E-state index contributed by atoms with van der Waals surface area (Å²) in [5, 5.41) is 11.8. The molecule has 0 saturated carbocycles. The van der Waals surface area contributed by atoms with Gasteiger partial charge in [0, 0.05) is 43.1 Å². The fourth-order valence-electron chi connectivity index (χ4n) is 9.62. The first kappa shape index (κ1) is 70.2. The molecule has 1 aromatic rings. The van der Waals surface area contributed by atoms with Gasteiger partial charge >= 0.3 is 5.97 Å². The van der Waals surface area contributed by atoms with Crippen LogP contribution in [0.15, 0.2) is 48.6 Å². The van der Waals surface area contributed by atoms with E-state index in [0.717, 1.165) is 53.2 Å². The summed E-state index contributed by atoms with van der Waals surface area (Å²) in [6, 6.07) is 13.6. The highest BCUT2D eigenvalue weighted by atomic mass is 28.4. The monoisotopic (exact) mass is 1110 g/mol. The van der Waals surface area contributed by atoms with Crippen molar-refractivity contribution in [1.82, 2.24) is 0 Å². The van der Waals surface area contributed by atoms with Gasteiger partial charge in [-0.25, -0.2) is 4.79 Å². The third-order valence-corrected chi connectivity index (χ3v) is 35.8. The van der Waals surface area contributed by atoms with E-state index in [2.05, 4.69) is 150 Å². The van der Waals surface area contributed by atoms with E-state index in [9.17, 15) is 14.7 Å². The number of rotatable bonds is 36. The second-order valence-electron chi connectivity index (χ2n) is 24.7. The van der Waals surface area contributed by atoms with E-state index >= 15 is 0 Å². The lowest BCUT2D eigenvalue weighted by atomic mass is 9.81. The van der Waals surface area contributed by atoms with Crippen LogP contribution in [0.3, 0.4) is 0 Å². The number of ketones is 1. The lowest BCUT2D eigenvalue weighted by Gasteiger charge is -2.47. The summed E-state index contributed by atoms with van der Waals surface area (Å²) in [4.78, 5) is 28.7. The second kappa shape index (κ2) is 31.1. The molecule has 1 aromatic carbocycles. The van der Waals surface area contributed by atoms with Crippen molar-refractivity contribution in [2.45, 2.75) is 247 Å². The molecular weight excluding hydrogens is 997 g/mol. The van der Waals surface area contributed by atoms with Gasteiger partial charge in [0.05, 0.1) is 50.8 Å². The zero-order valence-electron chi connectivity index (χ0n) is 51.6. The average Bonchev–Trinajstić information content (AvgIpc) is 3.34. The molecule has 1 rings (SSSR count). The van der Waals surface area contributed by atoms with E-state index in [-0.39, 0.29) is 58.7 Å². The Morgan fingerprint density at radius 2 is 1.12 bits per heavy atom. The zero-order chi connectivity index (χ0) is 57.2. The molecule has 430 valence electrons. The molecule has 11 nitrogen and oxygen atoms in total. The van der Waals surface area contributed by atoms with Crippen molar-refractivity contribution in [3.8, 4) is 5.75 Å². The van der Waals surface area contributed by atoms with Crippen LogP contribution in [0.25, 0.3) is 0 Å². The lowest BCUT2D eigenvalue weighted by Crippen LogP contribution is -2.57. The predicted octanol–water partition coefficient (Wildman–Crippen LogP) is 15.0. The van der Waals surface area contributed by atoms with Gasteiger partial charge < -0.3 is 41.8 Å². The smallest absolute Gasteiger partial charge is 0.337 e. The summed E-state index contributed by atoms with van der Waals surface area (Å²) in [5.74, 6) is -1.21. The van der Waals surface area contributed by atoms with Gasteiger partial charge in [-0.05, 0) is 103 Å². The zero-order valence-corrected chi connectivity index (χ0v) is 55.6. The first-order chi connectivity index (χ1) is 34.2. The van der Waals surface area contributed by atoms with Gasteiger partial charge in [-0.3, -0.25) is 4.79 Å². The Morgan fingerprint density at radius 3 is 1.54 bits per heavy atom. The van der Waals surface area contributed by atoms with E-state index in [1.807, 2.05) is 38.1 Å². The van der Waals surface area contributed by atoms with Crippen LogP contribution < -0.4 is 4.74 Å². The molecule has 0 heterocycles. The topological polar surface area (TPSA) is 128 Å². The number of aliphatic hydroxyl groups excluding tert-OH is 1. The van der Waals surface area contributed by atoms with Crippen molar-refractivity contribution < 1.29 is 51.3 Å². The first-order valence-electron chi connectivity index (χ1n) is 28.3.